The van der Waals surface area contributed by atoms with E-state index in [2.05, 4.69) is 10.6 Å². The van der Waals surface area contributed by atoms with Crippen LogP contribution in [0.2, 0.25) is 0 Å². The molecule has 2 fully saturated rings. The second kappa shape index (κ2) is 9.53. The maximum absolute atomic E-state index is 12.3. The number of nitrogens with one attached hydrogen (secondary N) is 2. The molecule has 1 aromatic carbocycles. The van der Waals surface area contributed by atoms with Gasteiger partial charge in [-0.2, -0.15) is 0 Å². The van der Waals surface area contributed by atoms with Crippen LogP contribution >= 0.6 is 0 Å². The zero-order valence-corrected chi connectivity index (χ0v) is 15.8. The average molecular weight is 371 g/mol. The molecule has 0 bridgehead atoms. The third-order valence-electron chi connectivity index (χ3n) is 5.39. The lowest BCUT2D eigenvalue weighted by molar-refractivity contribution is -0.121. The van der Waals surface area contributed by atoms with Crippen LogP contribution in [-0.4, -0.2) is 36.9 Å². The van der Waals surface area contributed by atoms with Crippen LogP contribution in [0.15, 0.2) is 24.3 Å². The Morgan fingerprint density at radius 2 is 1.63 bits per heavy atom. The second-order valence-electron chi connectivity index (χ2n) is 7.49. The van der Waals surface area contributed by atoms with Crippen molar-refractivity contribution < 1.29 is 14.4 Å². The van der Waals surface area contributed by atoms with Crippen molar-refractivity contribution in [3.63, 3.8) is 0 Å². The molecule has 1 heterocycles. The molecule has 1 aliphatic heterocycles. The SMILES string of the molecule is O=C(CNC(=O)c1ccc(N2CCCC2=O)cc1)NC1CCCCCCC1. The molecule has 0 aromatic heterocycles. The highest BCUT2D eigenvalue weighted by Gasteiger charge is 2.21. The molecular weight excluding hydrogens is 342 g/mol. The molecule has 1 saturated heterocycles. The molecule has 2 aliphatic rings. The number of nitrogens with zero attached hydrogens (tertiary/aromatic N) is 1. The van der Waals surface area contributed by atoms with E-state index in [1.54, 1.807) is 29.2 Å². The van der Waals surface area contributed by atoms with Gasteiger partial charge < -0.3 is 15.5 Å². The van der Waals surface area contributed by atoms with E-state index in [1.807, 2.05) is 0 Å². The normalized spacial score (nSPS) is 18.7. The minimum atomic E-state index is -0.276. The Hall–Kier alpha value is -2.37. The number of anilines is 1. The summed E-state index contributed by atoms with van der Waals surface area (Å²) in [4.78, 5) is 37.9. The van der Waals surface area contributed by atoms with Crippen molar-refractivity contribution in [1.29, 1.82) is 0 Å². The Morgan fingerprint density at radius 1 is 0.963 bits per heavy atom. The number of carbonyl (C=O) groups excluding carboxylic acids is 3. The molecule has 0 radical (unpaired) electrons. The Kier molecular flexibility index (Phi) is 6.85. The molecule has 27 heavy (non-hydrogen) atoms. The summed E-state index contributed by atoms with van der Waals surface area (Å²) in [5, 5.41) is 5.73. The maximum atomic E-state index is 12.3. The van der Waals surface area contributed by atoms with Gasteiger partial charge in [0.25, 0.3) is 5.91 Å². The van der Waals surface area contributed by atoms with Gasteiger partial charge in [0.1, 0.15) is 0 Å². The number of amides is 3. The van der Waals surface area contributed by atoms with Crippen LogP contribution in [0.4, 0.5) is 5.69 Å². The lowest BCUT2D eigenvalue weighted by Gasteiger charge is -2.21. The topological polar surface area (TPSA) is 78.5 Å². The standard InChI is InChI=1S/C21H29N3O3/c25-19(23-17-7-4-2-1-3-5-8-17)15-22-21(27)16-10-12-18(13-11-16)24-14-6-9-20(24)26/h10-13,17H,1-9,14-15H2,(H,22,27)(H,23,25). The minimum Gasteiger partial charge on any atom is -0.352 e. The molecule has 6 nitrogen and oxygen atoms in total. The summed E-state index contributed by atoms with van der Waals surface area (Å²) in [6, 6.07) is 7.19. The molecule has 0 unspecified atom stereocenters. The van der Waals surface area contributed by atoms with Crippen LogP contribution in [-0.2, 0) is 9.59 Å². The number of carbonyl (C=O) groups is 3. The highest BCUT2D eigenvalue weighted by Crippen LogP contribution is 2.21. The van der Waals surface area contributed by atoms with Crippen LogP contribution < -0.4 is 15.5 Å². The van der Waals surface area contributed by atoms with Gasteiger partial charge in [0.2, 0.25) is 11.8 Å². The number of hydrogen-bond donors (Lipinski definition) is 2. The first-order valence-corrected chi connectivity index (χ1v) is 10.1. The van der Waals surface area contributed by atoms with Gasteiger partial charge in [0, 0.05) is 30.3 Å². The Bertz CT molecular complexity index is 664. The Morgan fingerprint density at radius 3 is 2.26 bits per heavy atom. The van der Waals surface area contributed by atoms with Crippen LogP contribution in [0.3, 0.4) is 0 Å². The molecule has 3 rings (SSSR count). The first-order valence-electron chi connectivity index (χ1n) is 10.1. The van der Waals surface area contributed by atoms with Gasteiger partial charge in [-0.1, -0.05) is 32.1 Å². The third kappa shape index (κ3) is 5.55. The molecule has 0 atom stereocenters. The van der Waals surface area contributed by atoms with Crippen molar-refractivity contribution in [1.82, 2.24) is 10.6 Å². The van der Waals surface area contributed by atoms with Gasteiger partial charge in [-0.3, -0.25) is 14.4 Å². The summed E-state index contributed by atoms with van der Waals surface area (Å²) in [7, 11) is 0. The predicted octanol–water partition coefficient (Wildman–Crippen LogP) is 2.77. The van der Waals surface area contributed by atoms with E-state index in [0.717, 1.165) is 44.3 Å². The fourth-order valence-electron chi connectivity index (χ4n) is 3.86. The molecule has 1 aromatic rings. The number of hydrogen-bond acceptors (Lipinski definition) is 3. The van der Waals surface area contributed by atoms with Crippen molar-refractivity contribution >= 4 is 23.4 Å². The third-order valence-corrected chi connectivity index (χ3v) is 5.39. The monoisotopic (exact) mass is 371 g/mol. The number of benzene rings is 1. The van der Waals surface area contributed by atoms with Crippen LogP contribution in [0.25, 0.3) is 0 Å². The van der Waals surface area contributed by atoms with Crippen LogP contribution in [0, 0.1) is 0 Å². The van der Waals surface area contributed by atoms with Gasteiger partial charge in [0.05, 0.1) is 6.54 Å². The van der Waals surface area contributed by atoms with Gasteiger partial charge in [-0.15, -0.1) is 0 Å². The quantitative estimate of drug-likeness (QED) is 0.835. The lowest BCUT2D eigenvalue weighted by atomic mass is 9.97. The summed E-state index contributed by atoms with van der Waals surface area (Å²) in [5.41, 5.74) is 1.31. The zero-order valence-electron chi connectivity index (χ0n) is 15.8. The van der Waals surface area contributed by atoms with E-state index < -0.39 is 0 Å². The molecular formula is C21H29N3O3. The molecule has 2 N–H and O–H groups in total. The van der Waals surface area contributed by atoms with E-state index >= 15 is 0 Å². The van der Waals surface area contributed by atoms with E-state index in [9.17, 15) is 14.4 Å². The fraction of sp³-hybridized carbons (Fsp3) is 0.571. The van der Waals surface area contributed by atoms with Crippen molar-refractivity contribution in [2.24, 2.45) is 0 Å². The van der Waals surface area contributed by atoms with Crippen LogP contribution in [0.5, 0.6) is 0 Å². The van der Waals surface area contributed by atoms with Gasteiger partial charge in [-0.05, 0) is 43.5 Å². The smallest absolute Gasteiger partial charge is 0.251 e. The zero-order chi connectivity index (χ0) is 19.1. The number of rotatable bonds is 5. The van der Waals surface area contributed by atoms with Gasteiger partial charge in [-0.25, -0.2) is 0 Å². The highest BCUT2D eigenvalue weighted by molar-refractivity contribution is 5.98. The first kappa shape index (κ1) is 19.4. The predicted molar refractivity (Wildman–Crippen MR) is 105 cm³/mol. The fourth-order valence-corrected chi connectivity index (χ4v) is 3.86. The van der Waals surface area contributed by atoms with Crippen molar-refractivity contribution in [3.05, 3.63) is 29.8 Å². The average Bonchev–Trinajstić information content (AvgIpc) is 3.08. The summed E-state index contributed by atoms with van der Waals surface area (Å²) in [6.45, 7) is 0.716. The van der Waals surface area contributed by atoms with Crippen molar-refractivity contribution in [2.75, 3.05) is 18.0 Å². The van der Waals surface area contributed by atoms with E-state index in [4.69, 9.17) is 0 Å². The summed E-state index contributed by atoms with van der Waals surface area (Å²) < 4.78 is 0. The Labute approximate surface area is 160 Å². The molecule has 146 valence electrons. The first-order chi connectivity index (χ1) is 13.1. The molecule has 1 aliphatic carbocycles. The second-order valence-corrected chi connectivity index (χ2v) is 7.49. The molecule has 3 amide bonds. The van der Waals surface area contributed by atoms with Crippen molar-refractivity contribution in [3.8, 4) is 0 Å². The van der Waals surface area contributed by atoms with Crippen LogP contribution in [0.1, 0.15) is 68.1 Å². The summed E-state index contributed by atoms with van der Waals surface area (Å²) in [6.07, 6.45) is 9.58. The summed E-state index contributed by atoms with van der Waals surface area (Å²) >= 11 is 0. The Balaban J connectivity index is 1.45. The van der Waals surface area contributed by atoms with Gasteiger partial charge in [0.15, 0.2) is 0 Å². The van der Waals surface area contributed by atoms with E-state index in [-0.39, 0.29) is 30.3 Å². The van der Waals surface area contributed by atoms with E-state index in [1.165, 1.54) is 19.3 Å². The lowest BCUT2D eigenvalue weighted by Crippen LogP contribution is -2.42. The van der Waals surface area contributed by atoms with E-state index in [0.29, 0.717) is 12.0 Å². The molecule has 1 saturated carbocycles. The largest absolute Gasteiger partial charge is 0.352 e. The van der Waals surface area contributed by atoms with Crippen molar-refractivity contribution in [2.45, 2.75) is 63.8 Å². The van der Waals surface area contributed by atoms with Gasteiger partial charge >= 0.3 is 0 Å². The molecule has 0 spiro atoms. The highest BCUT2D eigenvalue weighted by atomic mass is 16.2. The molecule has 6 heteroatoms. The summed E-state index contributed by atoms with van der Waals surface area (Å²) in [5.74, 6) is -0.284. The minimum absolute atomic E-state index is 0.0122. The maximum Gasteiger partial charge on any atom is 0.251 e.